The van der Waals surface area contributed by atoms with E-state index in [0.29, 0.717) is 44.9 Å². The van der Waals surface area contributed by atoms with Crippen LogP contribution in [0.25, 0.3) is 0 Å². The van der Waals surface area contributed by atoms with Crippen LogP contribution in [0.1, 0.15) is 76.6 Å². The summed E-state index contributed by atoms with van der Waals surface area (Å²) in [6.45, 7) is 13.4. The molecule has 1 spiro atoms. The number of aromatic carboxylic acids is 1. The largest absolute Gasteiger partial charge is 0.478 e. The van der Waals surface area contributed by atoms with E-state index in [4.69, 9.17) is 0 Å². The maximum Gasteiger partial charge on any atom is 0.335 e. The predicted molar refractivity (Wildman–Crippen MR) is 154 cm³/mol. The monoisotopic (exact) mass is 552 g/mol. The molecular weight excluding hydrogens is 508 g/mol. The highest BCUT2D eigenvalue weighted by Gasteiger charge is 2.53. The van der Waals surface area contributed by atoms with Gasteiger partial charge in [0.2, 0.25) is 17.7 Å². The molecule has 3 atom stereocenters. The topological polar surface area (TPSA) is 110 Å². The van der Waals surface area contributed by atoms with Crippen molar-refractivity contribution in [1.82, 2.24) is 15.1 Å². The van der Waals surface area contributed by atoms with Gasteiger partial charge in [-0.25, -0.2) is 4.79 Å². The van der Waals surface area contributed by atoms with Gasteiger partial charge in [-0.05, 0) is 68.2 Å². The second-order valence-electron chi connectivity index (χ2n) is 12.6. The number of anilines is 1. The minimum Gasteiger partial charge on any atom is -0.478 e. The van der Waals surface area contributed by atoms with Crippen molar-refractivity contribution in [3.05, 3.63) is 42.0 Å². The lowest BCUT2D eigenvalue weighted by Crippen LogP contribution is -2.60. The van der Waals surface area contributed by atoms with E-state index in [1.165, 1.54) is 0 Å². The molecule has 9 nitrogen and oxygen atoms in total. The number of hydrogen-bond acceptors (Lipinski definition) is 5. The second kappa shape index (κ2) is 11.3. The van der Waals surface area contributed by atoms with E-state index in [2.05, 4.69) is 18.8 Å². The number of nitrogens with one attached hydrogen (secondary N) is 1. The normalized spacial score (nSPS) is 25.4. The van der Waals surface area contributed by atoms with Crippen LogP contribution in [-0.4, -0.2) is 77.0 Å². The fourth-order valence-electron chi connectivity index (χ4n) is 6.88. The van der Waals surface area contributed by atoms with Gasteiger partial charge < -0.3 is 25.1 Å². The zero-order chi connectivity index (χ0) is 29.4. The molecular formula is C31H44N4O5. The van der Waals surface area contributed by atoms with Crippen LogP contribution in [0.5, 0.6) is 0 Å². The van der Waals surface area contributed by atoms with Gasteiger partial charge in [-0.3, -0.25) is 14.4 Å². The van der Waals surface area contributed by atoms with Crippen molar-refractivity contribution in [1.29, 1.82) is 0 Å². The van der Waals surface area contributed by atoms with Crippen molar-refractivity contribution < 1.29 is 24.3 Å². The van der Waals surface area contributed by atoms with Gasteiger partial charge in [0.25, 0.3) is 0 Å². The minimum atomic E-state index is -0.998. The first-order valence-corrected chi connectivity index (χ1v) is 14.4. The Morgan fingerprint density at radius 3 is 2.33 bits per heavy atom. The van der Waals surface area contributed by atoms with Crippen molar-refractivity contribution in [2.45, 2.75) is 77.8 Å². The average Bonchev–Trinajstić information content (AvgIpc) is 3.15. The van der Waals surface area contributed by atoms with Gasteiger partial charge in [0, 0.05) is 25.8 Å². The van der Waals surface area contributed by atoms with Crippen LogP contribution in [0.15, 0.2) is 36.4 Å². The first-order chi connectivity index (χ1) is 18.8. The summed E-state index contributed by atoms with van der Waals surface area (Å²) >= 11 is 0. The number of carboxylic acids is 1. The van der Waals surface area contributed by atoms with Crippen molar-refractivity contribution in [2.75, 3.05) is 31.7 Å². The fourth-order valence-corrected chi connectivity index (χ4v) is 6.88. The molecule has 9 heteroatoms. The van der Waals surface area contributed by atoms with Crippen LogP contribution in [0.2, 0.25) is 0 Å². The molecule has 2 N–H and O–H groups in total. The number of likely N-dealkylation sites (N-methyl/N-ethyl adjacent to an activating group) is 1. The maximum absolute atomic E-state index is 13.8. The summed E-state index contributed by atoms with van der Waals surface area (Å²) in [5, 5.41) is 12.4. The number of benzene rings is 1. The third-order valence-electron chi connectivity index (χ3n) is 9.24. The number of piperidine rings is 1. The van der Waals surface area contributed by atoms with Gasteiger partial charge in [0.1, 0.15) is 11.6 Å². The first kappa shape index (κ1) is 29.6. The van der Waals surface area contributed by atoms with E-state index in [1.54, 1.807) is 41.1 Å². The lowest BCUT2D eigenvalue weighted by Gasteiger charge is -2.44. The molecule has 2 saturated heterocycles. The van der Waals surface area contributed by atoms with Gasteiger partial charge in [0.05, 0.1) is 17.6 Å². The zero-order valence-electron chi connectivity index (χ0n) is 24.5. The van der Waals surface area contributed by atoms with E-state index < -0.39 is 23.0 Å². The molecule has 3 fully saturated rings. The summed E-state index contributed by atoms with van der Waals surface area (Å²) in [6.07, 6.45) is 4.29. The van der Waals surface area contributed by atoms with E-state index in [0.717, 1.165) is 30.5 Å². The quantitative estimate of drug-likeness (QED) is 0.497. The lowest BCUT2D eigenvalue weighted by atomic mass is 9.67. The van der Waals surface area contributed by atoms with Crippen LogP contribution < -0.4 is 10.2 Å². The molecule has 3 unspecified atom stereocenters. The lowest BCUT2D eigenvalue weighted by molar-refractivity contribution is -0.143. The van der Waals surface area contributed by atoms with E-state index in [9.17, 15) is 24.3 Å². The average molecular weight is 553 g/mol. The van der Waals surface area contributed by atoms with Crippen molar-refractivity contribution >= 4 is 29.4 Å². The highest BCUT2D eigenvalue weighted by molar-refractivity contribution is 5.95. The minimum absolute atomic E-state index is 0.00607. The second-order valence-corrected chi connectivity index (χ2v) is 12.6. The summed E-state index contributed by atoms with van der Waals surface area (Å²) in [4.78, 5) is 57.6. The van der Waals surface area contributed by atoms with E-state index in [1.807, 2.05) is 25.7 Å². The van der Waals surface area contributed by atoms with Gasteiger partial charge >= 0.3 is 5.97 Å². The number of allylic oxidation sites excluding steroid dienone is 1. The molecule has 3 amide bonds. The Kier molecular flexibility index (Phi) is 8.33. The fraction of sp³-hybridized carbons (Fsp3) is 0.613. The molecule has 1 saturated carbocycles. The Morgan fingerprint density at radius 2 is 1.77 bits per heavy atom. The maximum atomic E-state index is 13.8. The highest BCUT2D eigenvalue weighted by atomic mass is 16.4. The molecule has 0 bridgehead atoms. The number of nitrogens with zero attached hydrogens (tertiary/aromatic N) is 3. The molecule has 4 rings (SSSR count). The summed E-state index contributed by atoms with van der Waals surface area (Å²) in [6, 6.07) is 5.93. The standard InChI is InChI=1S/C31H44N4O5/c1-7-22-16-21(4)17-30(5,18-22)28(39)32-25(20(2)3)26(36)34-14-12-31(13-15-34)29(40)33(6)19-35(31)24-10-8-23(9-11-24)27(37)38/h8-11,20,22,25H,4,7,12-19H2,1-3,5-6H3,(H,32,39)(H,37,38). The summed E-state index contributed by atoms with van der Waals surface area (Å²) in [7, 11) is 1.77. The first-order valence-electron chi connectivity index (χ1n) is 14.4. The third-order valence-corrected chi connectivity index (χ3v) is 9.24. The molecule has 2 aliphatic heterocycles. The van der Waals surface area contributed by atoms with Crippen molar-refractivity contribution in [3.63, 3.8) is 0 Å². The molecule has 1 aliphatic carbocycles. The summed E-state index contributed by atoms with van der Waals surface area (Å²) in [5.41, 5.74) is 0.695. The van der Waals surface area contributed by atoms with Crippen molar-refractivity contribution in [3.8, 4) is 0 Å². The van der Waals surface area contributed by atoms with Crippen LogP contribution in [0, 0.1) is 17.3 Å². The third kappa shape index (κ3) is 5.47. The Balaban J connectivity index is 1.47. The number of amides is 3. The molecule has 2 heterocycles. The van der Waals surface area contributed by atoms with Crippen LogP contribution in [0.4, 0.5) is 5.69 Å². The van der Waals surface area contributed by atoms with E-state index >= 15 is 0 Å². The Labute approximate surface area is 237 Å². The molecule has 218 valence electrons. The van der Waals surface area contributed by atoms with Gasteiger partial charge in [-0.1, -0.05) is 46.3 Å². The number of carboxylic acid groups (broad SMARTS) is 1. The Hall–Kier alpha value is -3.36. The SMILES string of the molecule is C=C1CC(CC)CC(C)(C(=O)NC(C(=O)N2CCC3(CC2)C(=O)N(C)CN3c2ccc(C(=O)O)cc2)C(C)C)C1. The van der Waals surface area contributed by atoms with Crippen molar-refractivity contribution in [2.24, 2.45) is 17.3 Å². The van der Waals surface area contributed by atoms with Gasteiger partial charge in [0.15, 0.2) is 0 Å². The molecule has 1 aromatic rings. The number of hydrogen-bond donors (Lipinski definition) is 2. The Morgan fingerprint density at radius 1 is 1.15 bits per heavy atom. The number of rotatable bonds is 7. The highest BCUT2D eigenvalue weighted by Crippen LogP contribution is 2.43. The number of carbonyl (C=O) groups excluding carboxylic acids is 3. The van der Waals surface area contributed by atoms with E-state index in [-0.39, 0.29) is 29.2 Å². The molecule has 1 aromatic carbocycles. The van der Waals surface area contributed by atoms with Crippen LogP contribution >= 0.6 is 0 Å². The molecule has 40 heavy (non-hydrogen) atoms. The molecule has 0 aromatic heterocycles. The molecule has 3 aliphatic rings. The molecule has 0 radical (unpaired) electrons. The number of carbonyl (C=O) groups is 4. The summed E-state index contributed by atoms with van der Waals surface area (Å²) in [5.74, 6) is -0.855. The summed E-state index contributed by atoms with van der Waals surface area (Å²) < 4.78 is 0. The van der Waals surface area contributed by atoms with Crippen LogP contribution in [-0.2, 0) is 14.4 Å². The van der Waals surface area contributed by atoms with Gasteiger partial charge in [-0.2, -0.15) is 0 Å². The van der Waals surface area contributed by atoms with Crippen LogP contribution in [0.3, 0.4) is 0 Å². The Bertz CT molecular complexity index is 1170. The van der Waals surface area contributed by atoms with Gasteiger partial charge in [-0.15, -0.1) is 0 Å². The number of likely N-dealkylation sites (tertiary alicyclic amines) is 1. The predicted octanol–water partition coefficient (Wildman–Crippen LogP) is 3.90. The smallest absolute Gasteiger partial charge is 0.335 e. The zero-order valence-corrected chi connectivity index (χ0v) is 24.5.